The second-order valence-corrected chi connectivity index (χ2v) is 5.33. The van der Waals surface area contributed by atoms with Gasteiger partial charge < -0.3 is 9.64 Å². The van der Waals surface area contributed by atoms with Gasteiger partial charge in [-0.1, -0.05) is 6.42 Å². The molecule has 0 unspecified atom stereocenters. The van der Waals surface area contributed by atoms with Gasteiger partial charge in [0.15, 0.2) is 0 Å². The van der Waals surface area contributed by atoms with Crippen LogP contribution in [0.4, 0.5) is 5.95 Å². The zero-order valence-electron chi connectivity index (χ0n) is 11.4. The lowest BCUT2D eigenvalue weighted by Gasteiger charge is -2.27. The van der Waals surface area contributed by atoms with Crippen molar-refractivity contribution in [2.24, 2.45) is 0 Å². The number of hydrogen-bond donors (Lipinski definition) is 0. The molecule has 0 spiro atoms. The summed E-state index contributed by atoms with van der Waals surface area (Å²) in [5.74, 6) is 0.839. The first-order valence-electron chi connectivity index (χ1n) is 7.28. The van der Waals surface area contributed by atoms with E-state index in [1.54, 1.807) is 0 Å². The number of morpholine rings is 1. The van der Waals surface area contributed by atoms with Crippen LogP contribution < -0.4 is 4.90 Å². The second-order valence-electron chi connectivity index (χ2n) is 5.33. The average Bonchev–Trinajstić information content (AvgIpc) is 2.50. The molecule has 1 aromatic rings. The Morgan fingerprint density at radius 2 is 1.63 bits per heavy atom. The molecule has 5 heteroatoms. The fourth-order valence-corrected chi connectivity index (χ4v) is 2.73. The topological polar surface area (TPSA) is 41.5 Å². The Kier molecular flexibility index (Phi) is 4.25. The number of nitrogens with zero attached hydrogens (tertiary/aromatic N) is 4. The molecule has 2 aliphatic rings. The van der Waals surface area contributed by atoms with Gasteiger partial charge in [0.05, 0.1) is 13.2 Å². The summed E-state index contributed by atoms with van der Waals surface area (Å²) in [4.78, 5) is 13.7. The van der Waals surface area contributed by atoms with Crippen LogP contribution in [0.2, 0.25) is 0 Å². The number of anilines is 1. The first kappa shape index (κ1) is 12.8. The summed E-state index contributed by atoms with van der Waals surface area (Å²) in [5, 5.41) is 0. The van der Waals surface area contributed by atoms with E-state index < -0.39 is 0 Å². The van der Waals surface area contributed by atoms with Crippen LogP contribution >= 0.6 is 0 Å². The van der Waals surface area contributed by atoms with Crippen LogP contribution in [0.1, 0.15) is 24.8 Å². The van der Waals surface area contributed by atoms with E-state index in [1.807, 2.05) is 12.4 Å². The molecule has 0 aliphatic carbocycles. The van der Waals surface area contributed by atoms with Gasteiger partial charge in [-0.05, 0) is 25.9 Å². The maximum atomic E-state index is 5.34. The number of ether oxygens (including phenoxy) is 1. The Labute approximate surface area is 114 Å². The molecule has 2 fully saturated rings. The highest BCUT2D eigenvalue weighted by Crippen LogP contribution is 2.14. The smallest absolute Gasteiger partial charge is 0.225 e. The molecule has 0 atom stereocenters. The number of aromatic nitrogens is 2. The van der Waals surface area contributed by atoms with E-state index in [2.05, 4.69) is 19.8 Å². The quantitative estimate of drug-likeness (QED) is 0.821. The lowest BCUT2D eigenvalue weighted by Crippen LogP contribution is -2.37. The van der Waals surface area contributed by atoms with Gasteiger partial charge in [-0.25, -0.2) is 9.97 Å². The predicted octanol–water partition coefficient (Wildman–Crippen LogP) is 1.30. The van der Waals surface area contributed by atoms with Crippen molar-refractivity contribution in [1.82, 2.24) is 14.9 Å². The number of likely N-dealkylation sites (tertiary alicyclic amines) is 1. The molecule has 2 saturated heterocycles. The Balaban J connectivity index is 1.58. The molecule has 0 aromatic carbocycles. The molecule has 0 N–H and O–H groups in total. The zero-order chi connectivity index (χ0) is 12.9. The maximum absolute atomic E-state index is 5.34. The van der Waals surface area contributed by atoms with Gasteiger partial charge in [-0.15, -0.1) is 0 Å². The van der Waals surface area contributed by atoms with E-state index in [-0.39, 0.29) is 0 Å². The van der Waals surface area contributed by atoms with Gasteiger partial charge in [0.2, 0.25) is 5.95 Å². The van der Waals surface area contributed by atoms with Gasteiger partial charge in [-0.3, -0.25) is 4.90 Å². The van der Waals surface area contributed by atoms with Gasteiger partial charge in [0.25, 0.3) is 0 Å². The molecule has 0 saturated carbocycles. The van der Waals surface area contributed by atoms with Gasteiger partial charge >= 0.3 is 0 Å². The summed E-state index contributed by atoms with van der Waals surface area (Å²) in [7, 11) is 0. The van der Waals surface area contributed by atoms with Crippen LogP contribution in [-0.2, 0) is 11.3 Å². The molecular formula is C14H22N4O. The molecule has 5 nitrogen and oxygen atoms in total. The average molecular weight is 262 g/mol. The maximum Gasteiger partial charge on any atom is 0.225 e. The van der Waals surface area contributed by atoms with E-state index >= 15 is 0 Å². The lowest BCUT2D eigenvalue weighted by molar-refractivity contribution is 0.122. The monoisotopic (exact) mass is 262 g/mol. The van der Waals surface area contributed by atoms with Crippen LogP contribution in [-0.4, -0.2) is 54.3 Å². The number of hydrogen-bond acceptors (Lipinski definition) is 5. The van der Waals surface area contributed by atoms with E-state index in [1.165, 1.54) is 37.9 Å². The predicted molar refractivity (Wildman–Crippen MR) is 74.2 cm³/mol. The molecule has 0 radical (unpaired) electrons. The van der Waals surface area contributed by atoms with E-state index in [9.17, 15) is 0 Å². The molecule has 3 heterocycles. The molecule has 1 aromatic heterocycles. The molecule has 19 heavy (non-hydrogen) atoms. The van der Waals surface area contributed by atoms with Crippen molar-refractivity contribution < 1.29 is 4.74 Å². The Bertz CT molecular complexity index is 383. The standard InChI is InChI=1S/C14H22N4O/c1-2-4-17(5-3-1)12-13-10-15-14(16-11-13)18-6-8-19-9-7-18/h10-11H,1-9,12H2. The summed E-state index contributed by atoms with van der Waals surface area (Å²) in [6.07, 6.45) is 7.99. The molecule has 0 amide bonds. The minimum Gasteiger partial charge on any atom is -0.378 e. The third kappa shape index (κ3) is 3.42. The highest BCUT2D eigenvalue weighted by molar-refractivity contribution is 5.30. The summed E-state index contributed by atoms with van der Waals surface area (Å²) in [6.45, 7) is 6.76. The highest BCUT2D eigenvalue weighted by Gasteiger charge is 2.14. The van der Waals surface area contributed by atoms with Crippen molar-refractivity contribution in [3.8, 4) is 0 Å². The van der Waals surface area contributed by atoms with Crippen LogP contribution in [0.15, 0.2) is 12.4 Å². The molecular weight excluding hydrogens is 240 g/mol. The van der Waals surface area contributed by atoms with Crippen LogP contribution in [0.25, 0.3) is 0 Å². The Hall–Kier alpha value is -1.20. The fourth-order valence-electron chi connectivity index (χ4n) is 2.73. The Morgan fingerprint density at radius 1 is 0.947 bits per heavy atom. The summed E-state index contributed by atoms with van der Waals surface area (Å²) in [5.41, 5.74) is 1.22. The molecule has 3 rings (SSSR count). The van der Waals surface area contributed by atoms with Crippen molar-refractivity contribution in [1.29, 1.82) is 0 Å². The molecule has 104 valence electrons. The van der Waals surface area contributed by atoms with Crippen molar-refractivity contribution in [2.75, 3.05) is 44.3 Å². The van der Waals surface area contributed by atoms with Crippen LogP contribution in [0.3, 0.4) is 0 Å². The lowest BCUT2D eigenvalue weighted by atomic mass is 10.1. The van der Waals surface area contributed by atoms with Crippen molar-refractivity contribution >= 4 is 5.95 Å². The Morgan fingerprint density at radius 3 is 2.32 bits per heavy atom. The minimum atomic E-state index is 0.777. The SMILES string of the molecule is c1nc(N2CCOCC2)ncc1CN1CCCCC1. The molecule has 2 aliphatic heterocycles. The molecule has 0 bridgehead atoms. The van der Waals surface area contributed by atoms with Crippen molar-refractivity contribution in [3.05, 3.63) is 18.0 Å². The van der Waals surface area contributed by atoms with Gasteiger partial charge in [-0.2, -0.15) is 0 Å². The summed E-state index contributed by atoms with van der Waals surface area (Å²) < 4.78 is 5.34. The van der Waals surface area contributed by atoms with E-state index in [0.717, 1.165) is 38.8 Å². The van der Waals surface area contributed by atoms with E-state index in [4.69, 9.17) is 4.74 Å². The second kappa shape index (κ2) is 6.30. The van der Waals surface area contributed by atoms with E-state index in [0.29, 0.717) is 0 Å². The van der Waals surface area contributed by atoms with Gasteiger partial charge in [0.1, 0.15) is 0 Å². The van der Waals surface area contributed by atoms with Crippen LogP contribution in [0, 0.1) is 0 Å². The summed E-state index contributed by atoms with van der Waals surface area (Å²) >= 11 is 0. The van der Waals surface area contributed by atoms with Crippen molar-refractivity contribution in [2.45, 2.75) is 25.8 Å². The van der Waals surface area contributed by atoms with Gasteiger partial charge in [0, 0.05) is 37.6 Å². The minimum absolute atomic E-state index is 0.777. The largest absolute Gasteiger partial charge is 0.378 e. The van der Waals surface area contributed by atoms with Crippen LogP contribution in [0.5, 0.6) is 0 Å². The number of piperidine rings is 1. The third-order valence-electron chi connectivity index (χ3n) is 3.84. The zero-order valence-corrected chi connectivity index (χ0v) is 11.4. The summed E-state index contributed by atoms with van der Waals surface area (Å²) in [6, 6.07) is 0. The first-order valence-corrected chi connectivity index (χ1v) is 7.28. The third-order valence-corrected chi connectivity index (χ3v) is 3.84. The van der Waals surface area contributed by atoms with Crippen molar-refractivity contribution in [3.63, 3.8) is 0 Å². The fraction of sp³-hybridized carbons (Fsp3) is 0.714. The first-order chi connectivity index (χ1) is 9.42. The highest BCUT2D eigenvalue weighted by atomic mass is 16.5. The number of rotatable bonds is 3. The normalized spacial score (nSPS) is 21.6.